The lowest BCUT2D eigenvalue weighted by molar-refractivity contribution is 0.0462. The Morgan fingerprint density at radius 1 is 1.33 bits per heavy atom. The van der Waals surface area contributed by atoms with Gasteiger partial charge in [0.2, 0.25) is 0 Å². The molecule has 3 heteroatoms. The van der Waals surface area contributed by atoms with Gasteiger partial charge in [-0.05, 0) is 55.3 Å². The summed E-state index contributed by atoms with van der Waals surface area (Å²) in [5.74, 6) is 0.936. The van der Waals surface area contributed by atoms with Crippen LogP contribution in [0.5, 0.6) is 5.75 Å². The van der Waals surface area contributed by atoms with Crippen molar-refractivity contribution < 1.29 is 9.47 Å². The Morgan fingerprint density at radius 2 is 2.11 bits per heavy atom. The lowest BCUT2D eigenvalue weighted by Crippen LogP contribution is -2.34. The molecule has 0 saturated carbocycles. The normalized spacial score (nSPS) is 18.6. The van der Waals surface area contributed by atoms with Gasteiger partial charge >= 0.3 is 0 Å². The smallest absolute Gasteiger partial charge is 0.119 e. The van der Waals surface area contributed by atoms with Gasteiger partial charge in [-0.3, -0.25) is 0 Å². The molecule has 0 unspecified atom stereocenters. The maximum absolute atomic E-state index is 5.68. The molecular weight excluding hydrogens is 226 g/mol. The number of rotatable bonds is 5. The highest BCUT2D eigenvalue weighted by atomic mass is 16.5. The van der Waals surface area contributed by atoms with Gasteiger partial charge in [-0.15, -0.1) is 0 Å². The molecule has 0 amide bonds. The molecule has 0 radical (unpaired) electrons. The first-order chi connectivity index (χ1) is 8.80. The Morgan fingerprint density at radius 3 is 2.78 bits per heavy atom. The first kappa shape index (κ1) is 13.4. The van der Waals surface area contributed by atoms with E-state index in [1.165, 1.54) is 5.56 Å². The lowest BCUT2D eigenvalue weighted by atomic mass is 9.71. The van der Waals surface area contributed by atoms with Gasteiger partial charge in [0.15, 0.2) is 0 Å². The van der Waals surface area contributed by atoms with Crippen LogP contribution in [0.2, 0.25) is 0 Å². The van der Waals surface area contributed by atoms with Crippen molar-refractivity contribution in [2.24, 2.45) is 5.73 Å². The third-order valence-electron chi connectivity index (χ3n) is 3.99. The highest BCUT2D eigenvalue weighted by molar-refractivity contribution is 5.34. The molecule has 2 rings (SSSR count). The van der Waals surface area contributed by atoms with Crippen molar-refractivity contribution in [1.29, 1.82) is 0 Å². The van der Waals surface area contributed by atoms with E-state index in [0.29, 0.717) is 0 Å². The molecule has 100 valence electrons. The standard InChI is InChI=1S/C15H23NO2/c1-17-14-5-2-4-13(12-14)15(6-3-9-16)7-10-18-11-8-15/h2,4-5,12H,3,6-11,16H2,1H3. The number of hydrogen-bond donors (Lipinski definition) is 1. The second-order valence-corrected chi connectivity index (χ2v) is 5.02. The second kappa shape index (κ2) is 6.21. The van der Waals surface area contributed by atoms with Crippen LogP contribution in [0.1, 0.15) is 31.2 Å². The van der Waals surface area contributed by atoms with Gasteiger partial charge in [-0.1, -0.05) is 12.1 Å². The first-order valence-corrected chi connectivity index (χ1v) is 6.73. The van der Waals surface area contributed by atoms with E-state index in [1.807, 2.05) is 6.07 Å². The van der Waals surface area contributed by atoms with Crippen LogP contribution in [0.25, 0.3) is 0 Å². The van der Waals surface area contributed by atoms with Gasteiger partial charge in [-0.2, -0.15) is 0 Å². The van der Waals surface area contributed by atoms with Gasteiger partial charge in [0.05, 0.1) is 7.11 Å². The third kappa shape index (κ3) is 2.85. The summed E-state index contributed by atoms with van der Waals surface area (Å²) >= 11 is 0. The maximum Gasteiger partial charge on any atom is 0.119 e. The topological polar surface area (TPSA) is 44.5 Å². The summed E-state index contributed by atoms with van der Waals surface area (Å²) in [5, 5.41) is 0. The maximum atomic E-state index is 5.68. The number of ether oxygens (including phenoxy) is 2. The minimum Gasteiger partial charge on any atom is -0.497 e. The molecule has 0 atom stereocenters. The highest BCUT2D eigenvalue weighted by Gasteiger charge is 2.33. The van der Waals surface area contributed by atoms with Crippen LogP contribution in [0.3, 0.4) is 0 Å². The van der Waals surface area contributed by atoms with Crippen molar-refractivity contribution in [3.8, 4) is 5.75 Å². The van der Waals surface area contributed by atoms with E-state index in [-0.39, 0.29) is 5.41 Å². The van der Waals surface area contributed by atoms with Crippen molar-refractivity contribution in [3.63, 3.8) is 0 Å². The van der Waals surface area contributed by atoms with Crippen LogP contribution in [0.4, 0.5) is 0 Å². The predicted octanol–water partition coefficient (Wildman–Crippen LogP) is 2.48. The van der Waals surface area contributed by atoms with Gasteiger partial charge in [-0.25, -0.2) is 0 Å². The van der Waals surface area contributed by atoms with E-state index in [1.54, 1.807) is 7.11 Å². The molecule has 1 fully saturated rings. The molecule has 1 aromatic rings. The van der Waals surface area contributed by atoms with Crippen molar-refractivity contribution in [2.45, 2.75) is 31.1 Å². The number of nitrogens with two attached hydrogens (primary N) is 1. The second-order valence-electron chi connectivity index (χ2n) is 5.02. The van der Waals surface area contributed by atoms with Gasteiger partial charge in [0, 0.05) is 13.2 Å². The summed E-state index contributed by atoms with van der Waals surface area (Å²) in [6.45, 7) is 2.45. The lowest BCUT2D eigenvalue weighted by Gasteiger charge is -2.38. The van der Waals surface area contributed by atoms with Crippen molar-refractivity contribution >= 4 is 0 Å². The van der Waals surface area contributed by atoms with Crippen molar-refractivity contribution in [3.05, 3.63) is 29.8 Å². The number of benzene rings is 1. The Kier molecular flexibility index (Phi) is 4.61. The van der Waals surface area contributed by atoms with Crippen LogP contribution in [0.15, 0.2) is 24.3 Å². The number of hydrogen-bond acceptors (Lipinski definition) is 3. The Hall–Kier alpha value is -1.06. The van der Waals surface area contributed by atoms with E-state index >= 15 is 0 Å². The van der Waals surface area contributed by atoms with E-state index < -0.39 is 0 Å². The van der Waals surface area contributed by atoms with Gasteiger partial charge in [0.1, 0.15) is 5.75 Å². The van der Waals surface area contributed by atoms with E-state index in [0.717, 1.165) is 51.2 Å². The zero-order chi connectivity index (χ0) is 12.8. The average Bonchev–Trinajstić information content (AvgIpc) is 2.46. The molecule has 1 saturated heterocycles. The van der Waals surface area contributed by atoms with E-state index in [9.17, 15) is 0 Å². The van der Waals surface area contributed by atoms with Crippen LogP contribution in [0, 0.1) is 0 Å². The van der Waals surface area contributed by atoms with Crippen LogP contribution >= 0.6 is 0 Å². The molecule has 18 heavy (non-hydrogen) atoms. The summed E-state index contributed by atoms with van der Waals surface area (Å²) in [5.41, 5.74) is 7.28. The molecule has 1 aliphatic rings. The minimum absolute atomic E-state index is 0.228. The predicted molar refractivity (Wildman–Crippen MR) is 73.0 cm³/mol. The van der Waals surface area contributed by atoms with Crippen LogP contribution in [-0.4, -0.2) is 26.9 Å². The van der Waals surface area contributed by atoms with Gasteiger partial charge in [0.25, 0.3) is 0 Å². The fraction of sp³-hybridized carbons (Fsp3) is 0.600. The summed E-state index contributed by atoms with van der Waals surface area (Å²) < 4.78 is 10.9. The molecule has 0 aliphatic carbocycles. The zero-order valence-corrected chi connectivity index (χ0v) is 11.2. The minimum atomic E-state index is 0.228. The van der Waals surface area contributed by atoms with E-state index in [4.69, 9.17) is 15.2 Å². The molecule has 1 aliphatic heterocycles. The summed E-state index contributed by atoms with van der Waals surface area (Å²) in [7, 11) is 1.72. The molecule has 0 aromatic heterocycles. The number of methoxy groups -OCH3 is 1. The van der Waals surface area contributed by atoms with Crippen molar-refractivity contribution in [1.82, 2.24) is 0 Å². The van der Waals surface area contributed by atoms with E-state index in [2.05, 4.69) is 18.2 Å². The Balaban J connectivity index is 2.26. The Labute approximate surface area is 109 Å². The molecule has 0 bridgehead atoms. The third-order valence-corrected chi connectivity index (χ3v) is 3.99. The molecular formula is C15H23NO2. The zero-order valence-electron chi connectivity index (χ0n) is 11.2. The monoisotopic (exact) mass is 249 g/mol. The van der Waals surface area contributed by atoms with Gasteiger partial charge < -0.3 is 15.2 Å². The quantitative estimate of drug-likeness (QED) is 0.872. The summed E-state index contributed by atoms with van der Waals surface area (Å²) in [6, 6.07) is 8.46. The fourth-order valence-electron chi connectivity index (χ4n) is 2.84. The van der Waals surface area contributed by atoms with Crippen molar-refractivity contribution in [2.75, 3.05) is 26.9 Å². The SMILES string of the molecule is COc1cccc(C2(CCCN)CCOCC2)c1. The summed E-state index contributed by atoms with van der Waals surface area (Å²) in [6.07, 6.45) is 4.37. The van der Waals surface area contributed by atoms with Crippen LogP contribution in [-0.2, 0) is 10.2 Å². The molecule has 1 aromatic carbocycles. The highest BCUT2D eigenvalue weighted by Crippen LogP contribution is 2.39. The molecule has 2 N–H and O–H groups in total. The largest absolute Gasteiger partial charge is 0.497 e. The molecule has 3 nitrogen and oxygen atoms in total. The van der Waals surface area contributed by atoms with Crippen LogP contribution < -0.4 is 10.5 Å². The first-order valence-electron chi connectivity index (χ1n) is 6.73. The fourth-order valence-corrected chi connectivity index (χ4v) is 2.84. The molecule has 0 spiro atoms. The average molecular weight is 249 g/mol. The molecule has 1 heterocycles. The summed E-state index contributed by atoms with van der Waals surface area (Å²) in [4.78, 5) is 0. The Bertz CT molecular complexity index is 373.